The fraction of sp³-hybridized carbons (Fsp3) is 0.647. The SMILES string of the molecule is CCN1CCN(C(CO)c2ccc(OC)c(OC)c2)C(C)C1. The second-order valence-electron chi connectivity index (χ2n) is 5.79. The van der Waals surface area contributed by atoms with Crippen LogP contribution < -0.4 is 9.47 Å². The van der Waals surface area contributed by atoms with Gasteiger partial charge in [0.25, 0.3) is 0 Å². The van der Waals surface area contributed by atoms with Crippen LogP contribution in [-0.4, -0.2) is 68.0 Å². The highest BCUT2D eigenvalue weighted by atomic mass is 16.5. The number of nitrogens with zero attached hydrogens (tertiary/aromatic N) is 2. The molecule has 1 saturated heterocycles. The molecule has 0 spiro atoms. The average molecular weight is 308 g/mol. The molecule has 0 aromatic heterocycles. The topological polar surface area (TPSA) is 45.2 Å². The van der Waals surface area contributed by atoms with E-state index in [-0.39, 0.29) is 12.6 Å². The zero-order valence-corrected chi connectivity index (χ0v) is 14.1. The van der Waals surface area contributed by atoms with Crippen LogP contribution in [0.25, 0.3) is 0 Å². The molecule has 0 radical (unpaired) electrons. The lowest BCUT2D eigenvalue weighted by atomic mass is 10.0. The average Bonchev–Trinajstić information content (AvgIpc) is 2.56. The highest BCUT2D eigenvalue weighted by molar-refractivity contribution is 5.43. The van der Waals surface area contributed by atoms with Gasteiger partial charge >= 0.3 is 0 Å². The Hall–Kier alpha value is -1.30. The third kappa shape index (κ3) is 3.54. The number of rotatable bonds is 6. The summed E-state index contributed by atoms with van der Waals surface area (Å²) in [7, 11) is 3.27. The molecule has 2 unspecified atom stereocenters. The molecule has 1 fully saturated rings. The van der Waals surface area contributed by atoms with Gasteiger partial charge in [-0.05, 0) is 31.2 Å². The monoisotopic (exact) mass is 308 g/mol. The first-order valence-electron chi connectivity index (χ1n) is 7.95. The van der Waals surface area contributed by atoms with Crippen LogP contribution in [0.15, 0.2) is 18.2 Å². The second-order valence-corrected chi connectivity index (χ2v) is 5.79. The lowest BCUT2D eigenvalue weighted by molar-refractivity contribution is 0.0270. The third-order valence-electron chi connectivity index (χ3n) is 4.58. The Balaban J connectivity index is 2.21. The smallest absolute Gasteiger partial charge is 0.161 e. The largest absolute Gasteiger partial charge is 0.493 e. The van der Waals surface area contributed by atoms with E-state index in [1.54, 1.807) is 14.2 Å². The van der Waals surface area contributed by atoms with E-state index in [0.29, 0.717) is 17.5 Å². The van der Waals surface area contributed by atoms with Crippen molar-refractivity contribution in [2.24, 2.45) is 0 Å². The summed E-state index contributed by atoms with van der Waals surface area (Å²) < 4.78 is 10.7. The third-order valence-corrected chi connectivity index (χ3v) is 4.58. The van der Waals surface area contributed by atoms with Gasteiger partial charge in [0.2, 0.25) is 0 Å². The van der Waals surface area contributed by atoms with Crippen LogP contribution in [0.3, 0.4) is 0 Å². The summed E-state index contributed by atoms with van der Waals surface area (Å²) in [4.78, 5) is 4.83. The van der Waals surface area contributed by atoms with Crippen molar-refractivity contribution in [3.05, 3.63) is 23.8 Å². The molecule has 5 nitrogen and oxygen atoms in total. The van der Waals surface area contributed by atoms with Gasteiger partial charge in [-0.25, -0.2) is 0 Å². The van der Waals surface area contributed by atoms with Gasteiger partial charge in [-0.1, -0.05) is 13.0 Å². The molecule has 2 atom stereocenters. The molecule has 1 aliphatic rings. The van der Waals surface area contributed by atoms with Crippen molar-refractivity contribution in [1.29, 1.82) is 0 Å². The Morgan fingerprint density at radius 2 is 1.95 bits per heavy atom. The Morgan fingerprint density at radius 3 is 2.50 bits per heavy atom. The van der Waals surface area contributed by atoms with Gasteiger partial charge in [0.15, 0.2) is 11.5 Å². The Bertz CT molecular complexity index is 481. The van der Waals surface area contributed by atoms with Crippen LogP contribution in [0.4, 0.5) is 0 Å². The van der Waals surface area contributed by atoms with Crippen molar-refractivity contribution in [2.45, 2.75) is 25.9 Å². The van der Waals surface area contributed by atoms with Gasteiger partial charge in [-0.3, -0.25) is 4.90 Å². The fourth-order valence-electron chi connectivity index (χ4n) is 3.26. The molecular weight excluding hydrogens is 280 g/mol. The van der Waals surface area contributed by atoms with Gasteiger partial charge in [0.05, 0.1) is 26.9 Å². The van der Waals surface area contributed by atoms with E-state index >= 15 is 0 Å². The van der Waals surface area contributed by atoms with Crippen LogP contribution in [0.2, 0.25) is 0 Å². The first-order chi connectivity index (χ1) is 10.6. The van der Waals surface area contributed by atoms with Crippen LogP contribution in [0.5, 0.6) is 11.5 Å². The first kappa shape index (κ1) is 17.1. The number of hydrogen-bond donors (Lipinski definition) is 1. The zero-order chi connectivity index (χ0) is 16.1. The summed E-state index contributed by atoms with van der Waals surface area (Å²) in [6.45, 7) is 8.66. The Labute approximate surface area is 133 Å². The number of piperazine rings is 1. The molecule has 1 heterocycles. The molecule has 0 amide bonds. The highest BCUT2D eigenvalue weighted by Crippen LogP contribution is 2.33. The molecule has 22 heavy (non-hydrogen) atoms. The molecule has 0 aliphatic carbocycles. The van der Waals surface area contributed by atoms with Crippen LogP contribution >= 0.6 is 0 Å². The number of aliphatic hydroxyl groups excluding tert-OH is 1. The van der Waals surface area contributed by atoms with E-state index in [9.17, 15) is 5.11 Å². The lowest BCUT2D eigenvalue weighted by Crippen LogP contribution is -2.53. The number of aliphatic hydroxyl groups is 1. The minimum Gasteiger partial charge on any atom is -0.493 e. The Morgan fingerprint density at radius 1 is 1.23 bits per heavy atom. The van der Waals surface area contributed by atoms with Gasteiger partial charge in [-0.2, -0.15) is 0 Å². The zero-order valence-electron chi connectivity index (χ0n) is 14.1. The first-order valence-corrected chi connectivity index (χ1v) is 7.95. The lowest BCUT2D eigenvalue weighted by Gasteiger charge is -2.43. The summed E-state index contributed by atoms with van der Waals surface area (Å²) in [6, 6.07) is 6.30. The molecule has 1 aromatic rings. The number of methoxy groups -OCH3 is 2. The van der Waals surface area contributed by atoms with Crippen molar-refractivity contribution in [1.82, 2.24) is 9.80 Å². The minimum absolute atomic E-state index is 0.00573. The van der Waals surface area contributed by atoms with E-state index in [4.69, 9.17) is 9.47 Å². The summed E-state index contributed by atoms with van der Waals surface area (Å²) >= 11 is 0. The molecule has 2 rings (SSSR count). The molecule has 1 N–H and O–H groups in total. The van der Waals surface area contributed by atoms with E-state index in [1.165, 1.54) is 0 Å². The molecule has 0 bridgehead atoms. The minimum atomic E-state index is -0.00573. The quantitative estimate of drug-likeness (QED) is 0.868. The molecule has 0 saturated carbocycles. The van der Waals surface area contributed by atoms with E-state index in [1.807, 2.05) is 18.2 Å². The van der Waals surface area contributed by atoms with Crippen LogP contribution in [0.1, 0.15) is 25.5 Å². The van der Waals surface area contributed by atoms with Gasteiger partial charge in [0.1, 0.15) is 0 Å². The van der Waals surface area contributed by atoms with Crippen molar-refractivity contribution < 1.29 is 14.6 Å². The Kier molecular flexibility index (Phi) is 6.06. The summed E-state index contributed by atoms with van der Waals surface area (Å²) in [6.07, 6.45) is 0. The second kappa shape index (κ2) is 7.81. The summed E-state index contributed by atoms with van der Waals surface area (Å²) in [5.74, 6) is 1.42. The van der Waals surface area contributed by atoms with Gasteiger partial charge in [-0.15, -0.1) is 0 Å². The number of ether oxygens (including phenoxy) is 2. The molecular formula is C17H28N2O3. The molecule has 5 heteroatoms. The van der Waals surface area contributed by atoms with Crippen molar-refractivity contribution >= 4 is 0 Å². The summed E-state index contributed by atoms with van der Waals surface area (Å²) in [5, 5.41) is 9.94. The molecule has 124 valence electrons. The van der Waals surface area contributed by atoms with Crippen LogP contribution in [0, 0.1) is 0 Å². The van der Waals surface area contributed by atoms with Crippen LogP contribution in [-0.2, 0) is 0 Å². The molecule has 1 aliphatic heterocycles. The van der Waals surface area contributed by atoms with Crippen molar-refractivity contribution in [2.75, 3.05) is 47.0 Å². The van der Waals surface area contributed by atoms with Crippen molar-refractivity contribution in [3.8, 4) is 11.5 Å². The normalized spacial score (nSPS) is 21.6. The number of benzene rings is 1. The van der Waals surface area contributed by atoms with E-state index < -0.39 is 0 Å². The van der Waals surface area contributed by atoms with E-state index in [0.717, 1.165) is 31.7 Å². The highest BCUT2D eigenvalue weighted by Gasteiger charge is 2.29. The maximum Gasteiger partial charge on any atom is 0.161 e. The molecule has 1 aromatic carbocycles. The number of likely N-dealkylation sites (N-methyl/N-ethyl adjacent to an activating group) is 1. The number of hydrogen-bond acceptors (Lipinski definition) is 5. The van der Waals surface area contributed by atoms with Gasteiger partial charge in [0, 0.05) is 25.7 Å². The maximum absolute atomic E-state index is 9.94. The predicted octanol–water partition coefficient (Wildman–Crippen LogP) is 1.76. The summed E-state index contributed by atoms with van der Waals surface area (Å²) in [5.41, 5.74) is 1.07. The van der Waals surface area contributed by atoms with E-state index in [2.05, 4.69) is 23.6 Å². The standard InChI is InChI=1S/C17H28N2O3/c1-5-18-8-9-19(13(2)11-18)15(12-20)14-6-7-16(21-3)17(10-14)22-4/h6-7,10,13,15,20H,5,8-9,11-12H2,1-4H3. The predicted molar refractivity (Wildman–Crippen MR) is 87.7 cm³/mol. The maximum atomic E-state index is 9.94. The fourth-order valence-corrected chi connectivity index (χ4v) is 3.26. The van der Waals surface area contributed by atoms with Crippen molar-refractivity contribution in [3.63, 3.8) is 0 Å². The van der Waals surface area contributed by atoms with Gasteiger partial charge < -0.3 is 19.5 Å².